The molecule has 114 valence electrons. The Morgan fingerprint density at radius 3 is 1.80 bits per heavy atom. The van der Waals surface area contributed by atoms with Crippen LogP contribution in [0.4, 0.5) is 26.3 Å². The van der Waals surface area contributed by atoms with Gasteiger partial charge in [0, 0.05) is 5.33 Å². The fourth-order valence-electron chi connectivity index (χ4n) is 1.49. The van der Waals surface area contributed by atoms with E-state index in [0.717, 1.165) is 5.56 Å². The van der Waals surface area contributed by atoms with Gasteiger partial charge >= 0.3 is 12.4 Å². The van der Waals surface area contributed by atoms with Crippen LogP contribution in [-0.2, 0) is 4.74 Å². The summed E-state index contributed by atoms with van der Waals surface area (Å²) in [5, 5.41) is -0.182. The molecule has 0 spiro atoms. The molecule has 0 aliphatic carbocycles. The van der Waals surface area contributed by atoms with Crippen LogP contribution in [0.1, 0.15) is 17.2 Å². The molecule has 1 aromatic carbocycles. The van der Waals surface area contributed by atoms with Crippen LogP contribution in [0.15, 0.2) is 24.3 Å². The molecule has 0 aliphatic rings. The number of hydrogen-bond acceptors (Lipinski definition) is 1. The largest absolute Gasteiger partial charge is 0.423 e. The molecule has 0 aliphatic heterocycles. The molecule has 1 nitrogen and oxygen atoms in total. The van der Waals surface area contributed by atoms with Gasteiger partial charge in [0.05, 0.1) is 6.10 Å². The Morgan fingerprint density at radius 1 is 1.00 bits per heavy atom. The maximum absolute atomic E-state index is 12.4. The highest BCUT2D eigenvalue weighted by Crippen LogP contribution is 2.39. The maximum Gasteiger partial charge on any atom is 0.423 e. The molecule has 0 saturated heterocycles. The molecular weight excluding hydrogens is 354 g/mol. The summed E-state index contributed by atoms with van der Waals surface area (Å²) in [5.41, 5.74) is 1.08. The first-order chi connectivity index (χ1) is 9.05. The van der Waals surface area contributed by atoms with Crippen molar-refractivity contribution in [3.05, 3.63) is 35.4 Å². The van der Waals surface area contributed by atoms with E-state index in [1.165, 1.54) is 12.1 Å². The van der Waals surface area contributed by atoms with Gasteiger partial charge in [0.25, 0.3) is 0 Å². The number of benzene rings is 1. The fraction of sp³-hybridized carbons (Fsp3) is 0.500. The SMILES string of the molecule is Cc1ccc(C(CBr)OC(C(F)(F)F)C(F)(F)F)cc1. The van der Waals surface area contributed by atoms with Crippen molar-refractivity contribution in [3.63, 3.8) is 0 Å². The summed E-state index contributed by atoms with van der Waals surface area (Å²) in [6, 6.07) is 6.05. The van der Waals surface area contributed by atoms with Crippen molar-refractivity contribution >= 4 is 15.9 Å². The Hall–Kier alpha value is -0.760. The molecule has 0 radical (unpaired) electrons. The Morgan fingerprint density at radius 2 is 1.45 bits per heavy atom. The van der Waals surface area contributed by atoms with Crippen LogP contribution in [0.25, 0.3) is 0 Å². The fourth-order valence-corrected chi connectivity index (χ4v) is 2.02. The number of ether oxygens (including phenoxy) is 1. The number of alkyl halides is 7. The van der Waals surface area contributed by atoms with E-state index < -0.39 is 24.6 Å². The molecular formula is C12H11BrF6O. The quantitative estimate of drug-likeness (QED) is 0.543. The lowest BCUT2D eigenvalue weighted by Crippen LogP contribution is -2.45. The Balaban J connectivity index is 2.98. The van der Waals surface area contributed by atoms with Gasteiger partial charge in [-0.05, 0) is 12.5 Å². The number of hydrogen-bond donors (Lipinski definition) is 0. The minimum atomic E-state index is -5.51. The summed E-state index contributed by atoms with van der Waals surface area (Å²) >= 11 is 2.87. The molecule has 8 heteroatoms. The van der Waals surface area contributed by atoms with Crippen molar-refractivity contribution in [3.8, 4) is 0 Å². The van der Waals surface area contributed by atoms with Gasteiger partial charge in [0.2, 0.25) is 6.10 Å². The average Bonchev–Trinajstić information content (AvgIpc) is 2.28. The van der Waals surface area contributed by atoms with Crippen LogP contribution in [0, 0.1) is 6.92 Å². The van der Waals surface area contributed by atoms with Gasteiger partial charge in [-0.3, -0.25) is 0 Å². The molecule has 0 amide bonds. The minimum Gasteiger partial charge on any atom is -0.352 e. The monoisotopic (exact) mass is 364 g/mol. The predicted molar refractivity (Wildman–Crippen MR) is 64.7 cm³/mol. The van der Waals surface area contributed by atoms with Gasteiger partial charge in [-0.2, -0.15) is 26.3 Å². The average molecular weight is 365 g/mol. The smallest absolute Gasteiger partial charge is 0.352 e. The molecule has 0 heterocycles. The number of halogens is 7. The van der Waals surface area contributed by atoms with Crippen LogP contribution in [-0.4, -0.2) is 23.8 Å². The Labute approximate surface area is 120 Å². The van der Waals surface area contributed by atoms with Gasteiger partial charge in [0.1, 0.15) is 0 Å². The van der Waals surface area contributed by atoms with Gasteiger partial charge in [-0.1, -0.05) is 45.8 Å². The summed E-state index contributed by atoms with van der Waals surface area (Å²) in [7, 11) is 0. The van der Waals surface area contributed by atoms with Gasteiger partial charge < -0.3 is 4.74 Å². The zero-order valence-corrected chi connectivity index (χ0v) is 11.8. The molecule has 0 bridgehead atoms. The van der Waals surface area contributed by atoms with Crippen LogP contribution >= 0.6 is 15.9 Å². The van der Waals surface area contributed by atoms with Crippen LogP contribution in [0.3, 0.4) is 0 Å². The summed E-state index contributed by atoms with van der Waals surface area (Å²) in [6.45, 7) is 1.75. The first-order valence-electron chi connectivity index (χ1n) is 5.47. The van der Waals surface area contributed by atoms with E-state index >= 15 is 0 Å². The van der Waals surface area contributed by atoms with Gasteiger partial charge in [-0.15, -0.1) is 0 Å². The van der Waals surface area contributed by atoms with E-state index in [4.69, 9.17) is 0 Å². The maximum atomic E-state index is 12.4. The minimum absolute atomic E-state index is 0.182. The molecule has 20 heavy (non-hydrogen) atoms. The lowest BCUT2D eigenvalue weighted by Gasteiger charge is -2.27. The second kappa shape index (κ2) is 6.34. The third kappa shape index (κ3) is 4.66. The lowest BCUT2D eigenvalue weighted by molar-refractivity contribution is -0.330. The second-order valence-electron chi connectivity index (χ2n) is 4.15. The molecule has 0 saturated carbocycles. The van der Waals surface area contributed by atoms with E-state index in [1.54, 1.807) is 19.1 Å². The topological polar surface area (TPSA) is 9.23 Å². The standard InChI is InChI=1S/C12H11BrF6O/c1-7-2-4-8(5-3-7)9(6-13)20-10(11(14,15)16)12(17,18)19/h2-5,9-10H,6H2,1H3. The number of rotatable bonds is 4. The molecule has 1 aromatic rings. The summed E-state index contributed by atoms with van der Waals surface area (Å²) in [5.74, 6) is 0. The third-order valence-corrected chi connectivity index (χ3v) is 3.07. The molecule has 1 atom stereocenters. The van der Waals surface area contributed by atoms with Crippen LogP contribution in [0.5, 0.6) is 0 Å². The van der Waals surface area contributed by atoms with E-state index in [2.05, 4.69) is 20.7 Å². The third-order valence-electron chi connectivity index (χ3n) is 2.48. The zero-order chi connectivity index (χ0) is 15.6. The van der Waals surface area contributed by atoms with Gasteiger partial charge in [-0.25, -0.2) is 0 Å². The summed E-state index contributed by atoms with van der Waals surface area (Å²) in [4.78, 5) is 0. The predicted octanol–water partition coefficient (Wildman–Crippen LogP) is 4.94. The first kappa shape index (κ1) is 17.3. The van der Waals surface area contributed by atoms with Crippen molar-refractivity contribution in [2.45, 2.75) is 31.5 Å². The number of aryl methyl sites for hydroxylation is 1. The summed E-state index contributed by atoms with van der Waals surface area (Å²) in [6.07, 6.45) is -16.2. The van der Waals surface area contributed by atoms with E-state index in [0.29, 0.717) is 0 Å². The first-order valence-corrected chi connectivity index (χ1v) is 6.59. The van der Waals surface area contributed by atoms with Crippen LogP contribution < -0.4 is 0 Å². The van der Waals surface area contributed by atoms with Crippen molar-refractivity contribution in [1.29, 1.82) is 0 Å². The molecule has 1 rings (SSSR count). The van der Waals surface area contributed by atoms with E-state index in [1.807, 2.05) is 0 Å². The van der Waals surface area contributed by atoms with Crippen molar-refractivity contribution in [1.82, 2.24) is 0 Å². The summed E-state index contributed by atoms with van der Waals surface area (Å²) < 4.78 is 78.9. The van der Waals surface area contributed by atoms with Crippen molar-refractivity contribution in [2.24, 2.45) is 0 Å². The molecule has 0 fully saturated rings. The van der Waals surface area contributed by atoms with E-state index in [-0.39, 0.29) is 10.9 Å². The Kier molecular flexibility index (Phi) is 5.48. The van der Waals surface area contributed by atoms with Crippen molar-refractivity contribution < 1.29 is 31.1 Å². The Bertz CT molecular complexity index is 411. The normalized spacial score (nSPS) is 14.7. The van der Waals surface area contributed by atoms with E-state index in [9.17, 15) is 26.3 Å². The molecule has 0 N–H and O–H groups in total. The molecule has 0 aromatic heterocycles. The van der Waals surface area contributed by atoms with Crippen LogP contribution in [0.2, 0.25) is 0 Å². The highest BCUT2D eigenvalue weighted by atomic mass is 79.9. The zero-order valence-electron chi connectivity index (χ0n) is 10.2. The second-order valence-corrected chi connectivity index (χ2v) is 4.80. The van der Waals surface area contributed by atoms with Gasteiger partial charge in [0.15, 0.2) is 0 Å². The molecule has 1 unspecified atom stereocenters. The van der Waals surface area contributed by atoms with Crippen molar-refractivity contribution in [2.75, 3.05) is 5.33 Å². The lowest BCUT2D eigenvalue weighted by atomic mass is 10.1. The highest BCUT2D eigenvalue weighted by Gasteiger charge is 2.58. The highest BCUT2D eigenvalue weighted by molar-refractivity contribution is 9.09.